The number of Topliss-reactive ketones (excluding diaryl/α,β-unsaturated/α-hetero) is 1. The standard InChI is InChI=1S/C31H26ClN3O3/c1-19-8-14-23(15-9-19)33-31(37)35-26-6-3-2-5-24(26)34-25-17-21(28-7-4-16-38-28)18-27(36)29(25)30(35)20-10-12-22(32)13-11-20/h2-16,21,30,34H,17-18H2,1H3,(H,33,37)/t21-,30-/m1/s1. The van der Waals surface area contributed by atoms with E-state index >= 15 is 0 Å². The van der Waals surface area contributed by atoms with Crippen molar-refractivity contribution in [1.82, 2.24) is 0 Å². The summed E-state index contributed by atoms with van der Waals surface area (Å²) in [6, 6.07) is 25.4. The van der Waals surface area contributed by atoms with Crippen LogP contribution in [0.15, 0.2) is 107 Å². The number of carbonyl (C=O) groups is 2. The minimum atomic E-state index is -0.658. The molecule has 190 valence electrons. The molecule has 0 bridgehead atoms. The zero-order chi connectivity index (χ0) is 26.2. The van der Waals surface area contributed by atoms with Gasteiger partial charge in [0.25, 0.3) is 0 Å². The van der Waals surface area contributed by atoms with E-state index in [-0.39, 0.29) is 17.7 Å². The van der Waals surface area contributed by atoms with Crippen molar-refractivity contribution >= 4 is 40.5 Å². The summed E-state index contributed by atoms with van der Waals surface area (Å²) >= 11 is 6.23. The summed E-state index contributed by atoms with van der Waals surface area (Å²) in [4.78, 5) is 29.7. The van der Waals surface area contributed by atoms with Gasteiger partial charge in [0.15, 0.2) is 5.78 Å². The molecule has 0 spiro atoms. The van der Waals surface area contributed by atoms with Gasteiger partial charge in [0.2, 0.25) is 0 Å². The molecule has 0 unspecified atom stereocenters. The fraction of sp³-hybridized carbons (Fsp3) is 0.161. The van der Waals surface area contributed by atoms with Gasteiger partial charge in [-0.2, -0.15) is 0 Å². The number of hydrogen-bond acceptors (Lipinski definition) is 4. The van der Waals surface area contributed by atoms with Crippen LogP contribution in [0, 0.1) is 6.92 Å². The van der Waals surface area contributed by atoms with E-state index in [4.69, 9.17) is 16.0 Å². The van der Waals surface area contributed by atoms with Crippen LogP contribution in [0.25, 0.3) is 0 Å². The van der Waals surface area contributed by atoms with Gasteiger partial charge in [0, 0.05) is 34.3 Å². The molecule has 7 heteroatoms. The quantitative estimate of drug-likeness (QED) is 0.287. The highest BCUT2D eigenvalue weighted by molar-refractivity contribution is 6.30. The predicted octanol–water partition coefficient (Wildman–Crippen LogP) is 7.85. The average Bonchev–Trinajstić information content (AvgIpc) is 3.41. The van der Waals surface area contributed by atoms with E-state index in [1.807, 2.05) is 79.7 Å². The van der Waals surface area contributed by atoms with Crippen LogP contribution in [-0.4, -0.2) is 11.8 Å². The molecule has 1 aliphatic heterocycles. The van der Waals surface area contributed by atoms with Crippen LogP contribution in [0.1, 0.15) is 41.7 Å². The number of urea groups is 1. The third-order valence-electron chi connectivity index (χ3n) is 7.14. The molecular weight excluding hydrogens is 498 g/mol. The van der Waals surface area contributed by atoms with Crippen molar-refractivity contribution in [2.75, 3.05) is 15.5 Å². The summed E-state index contributed by atoms with van der Waals surface area (Å²) in [5, 5.41) is 7.15. The van der Waals surface area contributed by atoms with Gasteiger partial charge in [-0.3, -0.25) is 9.69 Å². The summed E-state index contributed by atoms with van der Waals surface area (Å²) in [5.74, 6) is 0.664. The molecule has 0 saturated heterocycles. The van der Waals surface area contributed by atoms with Gasteiger partial charge >= 0.3 is 6.03 Å². The van der Waals surface area contributed by atoms with E-state index < -0.39 is 6.04 Å². The van der Waals surface area contributed by atoms with Crippen molar-refractivity contribution in [1.29, 1.82) is 0 Å². The lowest BCUT2D eigenvalue weighted by molar-refractivity contribution is -0.116. The second kappa shape index (κ2) is 9.88. The Morgan fingerprint density at radius 3 is 2.47 bits per heavy atom. The predicted molar refractivity (Wildman–Crippen MR) is 150 cm³/mol. The Morgan fingerprint density at radius 2 is 1.74 bits per heavy atom. The molecule has 2 amide bonds. The van der Waals surface area contributed by atoms with E-state index in [9.17, 15) is 9.59 Å². The largest absolute Gasteiger partial charge is 0.469 e. The summed E-state index contributed by atoms with van der Waals surface area (Å²) in [6.07, 6.45) is 2.51. The van der Waals surface area contributed by atoms with E-state index in [1.165, 1.54) is 0 Å². The molecule has 38 heavy (non-hydrogen) atoms. The molecule has 6 rings (SSSR count). The lowest BCUT2D eigenvalue weighted by Crippen LogP contribution is -2.41. The Balaban J connectivity index is 1.51. The summed E-state index contributed by atoms with van der Waals surface area (Å²) in [7, 11) is 0. The highest BCUT2D eigenvalue weighted by atomic mass is 35.5. The van der Waals surface area contributed by atoms with Crippen molar-refractivity contribution in [2.45, 2.75) is 31.7 Å². The maximum absolute atomic E-state index is 14.1. The zero-order valence-corrected chi connectivity index (χ0v) is 21.5. The van der Waals surface area contributed by atoms with Crippen LogP contribution in [0.5, 0.6) is 0 Å². The van der Waals surface area contributed by atoms with Gasteiger partial charge in [-0.1, -0.05) is 53.6 Å². The van der Waals surface area contributed by atoms with E-state index in [0.29, 0.717) is 34.8 Å². The average molecular weight is 524 g/mol. The Labute approximate surface area is 225 Å². The number of anilines is 3. The fourth-order valence-corrected chi connectivity index (χ4v) is 5.45. The van der Waals surface area contributed by atoms with Crippen LogP contribution in [0.2, 0.25) is 5.02 Å². The van der Waals surface area contributed by atoms with Gasteiger partial charge < -0.3 is 15.1 Å². The van der Waals surface area contributed by atoms with Gasteiger partial charge in [0.1, 0.15) is 5.76 Å². The van der Waals surface area contributed by atoms with Crippen molar-refractivity contribution < 1.29 is 14.0 Å². The lowest BCUT2D eigenvalue weighted by atomic mass is 9.80. The molecule has 2 heterocycles. The number of amides is 2. The van der Waals surface area contributed by atoms with Crippen LogP contribution >= 0.6 is 11.6 Å². The molecule has 1 aromatic heterocycles. The monoisotopic (exact) mass is 523 g/mol. The van der Waals surface area contributed by atoms with E-state index in [1.54, 1.807) is 23.3 Å². The number of halogens is 1. The Kier molecular flexibility index (Phi) is 6.26. The smallest absolute Gasteiger partial charge is 0.327 e. The number of ketones is 1. The van der Waals surface area contributed by atoms with Crippen molar-refractivity contribution in [3.63, 3.8) is 0 Å². The van der Waals surface area contributed by atoms with E-state index in [2.05, 4.69) is 10.6 Å². The molecule has 0 fully saturated rings. The Hall–Kier alpha value is -4.29. The van der Waals surface area contributed by atoms with E-state index in [0.717, 1.165) is 28.3 Å². The minimum absolute atomic E-state index is 0.0268. The normalized spacial score (nSPS) is 18.8. The number of fused-ring (bicyclic) bond motifs is 1. The molecule has 2 N–H and O–H groups in total. The maximum atomic E-state index is 14.1. The number of aryl methyl sites for hydroxylation is 1. The highest BCUT2D eigenvalue weighted by Gasteiger charge is 2.42. The van der Waals surface area contributed by atoms with Gasteiger partial charge in [0.05, 0.1) is 23.7 Å². The van der Waals surface area contributed by atoms with Gasteiger partial charge in [-0.15, -0.1) is 0 Å². The van der Waals surface area contributed by atoms with Crippen molar-refractivity contribution in [2.24, 2.45) is 0 Å². The molecule has 2 aliphatic rings. The summed E-state index contributed by atoms with van der Waals surface area (Å²) < 4.78 is 5.67. The SMILES string of the molecule is Cc1ccc(NC(=O)N2c3ccccc3NC3=C(C(=O)C[C@H](c4ccco4)C3)[C@H]2c2ccc(Cl)cc2)cc1. The summed E-state index contributed by atoms with van der Waals surface area (Å²) in [5.41, 5.74) is 5.36. The number of allylic oxidation sites excluding steroid dienone is 1. The first-order chi connectivity index (χ1) is 18.5. The maximum Gasteiger partial charge on any atom is 0.327 e. The lowest BCUT2D eigenvalue weighted by Gasteiger charge is -2.34. The summed E-state index contributed by atoms with van der Waals surface area (Å²) in [6.45, 7) is 2.00. The first kappa shape index (κ1) is 24.1. The number of para-hydroxylation sites is 2. The van der Waals surface area contributed by atoms with Gasteiger partial charge in [-0.05, 0) is 67.4 Å². The molecule has 0 saturated carbocycles. The van der Waals surface area contributed by atoms with Crippen LogP contribution in [0.3, 0.4) is 0 Å². The second-order valence-electron chi connectivity index (χ2n) is 9.70. The number of benzene rings is 3. The number of hydrogen-bond donors (Lipinski definition) is 2. The molecule has 1 aliphatic carbocycles. The molecule has 0 radical (unpaired) electrons. The highest BCUT2D eigenvalue weighted by Crippen LogP contribution is 2.47. The topological polar surface area (TPSA) is 74.6 Å². The molecular formula is C31H26ClN3O3. The number of carbonyl (C=O) groups excluding carboxylic acids is 2. The molecule has 3 aromatic carbocycles. The third-order valence-corrected chi connectivity index (χ3v) is 7.39. The zero-order valence-electron chi connectivity index (χ0n) is 20.8. The number of furan rings is 1. The van der Waals surface area contributed by atoms with Crippen LogP contribution in [-0.2, 0) is 4.79 Å². The number of rotatable bonds is 3. The minimum Gasteiger partial charge on any atom is -0.469 e. The van der Waals surface area contributed by atoms with Crippen molar-refractivity contribution in [3.8, 4) is 0 Å². The number of nitrogens with one attached hydrogen (secondary N) is 2. The first-order valence-corrected chi connectivity index (χ1v) is 12.9. The van der Waals surface area contributed by atoms with Gasteiger partial charge in [-0.25, -0.2) is 4.79 Å². The molecule has 4 aromatic rings. The Bertz CT molecular complexity index is 1530. The molecule has 6 nitrogen and oxygen atoms in total. The fourth-order valence-electron chi connectivity index (χ4n) is 5.32. The molecule has 2 atom stereocenters. The van der Waals surface area contributed by atoms with Crippen LogP contribution < -0.4 is 15.5 Å². The third kappa shape index (κ3) is 4.48. The second-order valence-corrected chi connectivity index (χ2v) is 10.1. The number of nitrogens with zero attached hydrogens (tertiary/aromatic N) is 1. The van der Waals surface area contributed by atoms with Crippen LogP contribution in [0.4, 0.5) is 21.9 Å². The van der Waals surface area contributed by atoms with Crippen molar-refractivity contribution in [3.05, 3.63) is 124 Å². The Morgan fingerprint density at radius 1 is 0.974 bits per heavy atom. The first-order valence-electron chi connectivity index (χ1n) is 12.6.